The van der Waals surface area contributed by atoms with Crippen LogP contribution < -0.4 is 5.32 Å². The van der Waals surface area contributed by atoms with Crippen LogP contribution in [0.15, 0.2) is 65.7 Å². The number of carbonyl (C=O) groups is 2. The highest BCUT2D eigenvalue weighted by atomic mass is 35.5. The Morgan fingerprint density at radius 3 is 2.50 bits per heavy atom. The SMILES string of the molecule is CCOC(=O)c1ccc(NC(=O)CSc2ccc3nnc(-c4ccc(Cl)cc4)n3n2)cc1. The maximum atomic E-state index is 12.3. The molecule has 8 nitrogen and oxygen atoms in total. The second-order valence-electron chi connectivity index (χ2n) is 6.61. The number of nitrogens with zero attached hydrogens (tertiary/aromatic N) is 4. The van der Waals surface area contributed by atoms with Crippen molar-refractivity contribution in [2.75, 3.05) is 17.7 Å². The zero-order valence-electron chi connectivity index (χ0n) is 17.0. The molecular formula is C22H18ClN5O3S. The number of nitrogens with one attached hydrogen (secondary N) is 1. The van der Waals surface area contributed by atoms with E-state index in [0.717, 1.165) is 5.56 Å². The van der Waals surface area contributed by atoms with E-state index < -0.39 is 5.97 Å². The Morgan fingerprint density at radius 2 is 1.78 bits per heavy atom. The largest absolute Gasteiger partial charge is 0.462 e. The predicted octanol–water partition coefficient (Wildman–Crippen LogP) is 4.35. The van der Waals surface area contributed by atoms with Gasteiger partial charge in [0.15, 0.2) is 11.5 Å². The van der Waals surface area contributed by atoms with Crippen LogP contribution in [0.4, 0.5) is 5.69 Å². The molecule has 10 heteroatoms. The Labute approximate surface area is 192 Å². The molecule has 2 heterocycles. The first-order valence-corrected chi connectivity index (χ1v) is 11.1. The third-order valence-corrected chi connectivity index (χ3v) is 5.54. The number of carbonyl (C=O) groups excluding carboxylic acids is 2. The van der Waals surface area contributed by atoms with Gasteiger partial charge in [-0.3, -0.25) is 4.79 Å². The first kappa shape index (κ1) is 21.8. The number of benzene rings is 2. The van der Waals surface area contributed by atoms with E-state index in [1.54, 1.807) is 60.0 Å². The van der Waals surface area contributed by atoms with Crippen LogP contribution in [-0.2, 0) is 9.53 Å². The topological polar surface area (TPSA) is 98.5 Å². The Hall–Kier alpha value is -3.43. The monoisotopic (exact) mass is 467 g/mol. The molecule has 0 aliphatic carbocycles. The summed E-state index contributed by atoms with van der Waals surface area (Å²) in [6.07, 6.45) is 0. The first-order valence-electron chi connectivity index (χ1n) is 9.71. The normalized spacial score (nSPS) is 10.8. The molecule has 0 radical (unpaired) electrons. The van der Waals surface area contributed by atoms with E-state index in [9.17, 15) is 9.59 Å². The number of hydrogen-bond acceptors (Lipinski definition) is 7. The molecule has 162 valence electrons. The maximum absolute atomic E-state index is 12.3. The van der Waals surface area contributed by atoms with E-state index in [-0.39, 0.29) is 11.7 Å². The van der Waals surface area contributed by atoms with Gasteiger partial charge in [0.05, 0.1) is 17.9 Å². The first-order chi connectivity index (χ1) is 15.5. The number of halogens is 1. The second-order valence-corrected chi connectivity index (χ2v) is 8.04. The van der Waals surface area contributed by atoms with Crippen LogP contribution in [0, 0.1) is 0 Å². The van der Waals surface area contributed by atoms with Gasteiger partial charge in [-0.1, -0.05) is 23.4 Å². The average Bonchev–Trinajstić information content (AvgIpc) is 3.22. The summed E-state index contributed by atoms with van der Waals surface area (Å²) in [5, 5.41) is 17.0. The number of thioether (sulfide) groups is 1. The van der Waals surface area contributed by atoms with Crippen molar-refractivity contribution in [3.8, 4) is 11.4 Å². The number of hydrogen-bond donors (Lipinski definition) is 1. The number of ether oxygens (including phenoxy) is 1. The Kier molecular flexibility index (Phi) is 6.67. The van der Waals surface area contributed by atoms with Gasteiger partial charge in [-0.15, -0.1) is 10.2 Å². The van der Waals surface area contributed by atoms with Crippen molar-refractivity contribution < 1.29 is 14.3 Å². The Balaban J connectivity index is 1.40. The minimum Gasteiger partial charge on any atom is -0.462 e. The molecule has 2 aromatic heterocycles. The third kappa shape index (κ3) is 5.06. The number of amides is 1. The van der Waals surface area contributed by atoms with Crippen LogP contribution in [0.2, 0.25) is 5.02 Å². The van der Waals surface area contributed by atoms with Crippen LogP contribution >= 0.6 is 23.4 Å². The molecule has 32 heavy (non-hydrogen) atoms. The highest BCUT2D eigenvalue weighted by molar-refractivity contribution is 7.99. The summed E-state index contributed by atoms with van der Waals surface area (Å²) in [7, 11) is 0. The lowest BCUT2D eigenvalue weighted by molar-refractivity contribution is -0.113. The lowest BCUT2D eigenvalue weighted by atomic mass is 10.2. The van der Waals surface area contributed by atoms with Gasteiger partial charge in [-0.05, 0) is 67.6 Å². The van der Waals surface area contributed by atoms with E-state index in [2.05, 4.69) is 20.6 Å². The molecule has 4 rings (SSSR count). The maximum Gasteiger partial charge on any atom is 0.338 e. The molecule has 0 unspecified atom stereocenters. The standard InChI is InChI=1S/C22H18ClN5O3S/c1-2-31-22(30)15-5-9-17(10-6-15)24-19(29)13-32-20-12-11-18-25-26-21(28(18)27-20)14-3-7-16(23)8-4-14/h3-12H,2,13H2,1H3,(H,24,29). The van der Waals surface area contributed by atoms with Gasteiger partial charge in [0.1, 0.15) is 5.03 Å². The highest BCUT2D eigenvalue weighted by Crippen LogP contribution is 2.22. The van der Waals surface area contributed by atoms with Crippen LogP contribution in [0.25, 0.3) is 17.0 Å². The molecule has 0 aliphatic heterocycles. The molecule has 0 aliphatic rings. The summed E-state index contributed by atoms with van der Waals surface area (Å²) in [5.74, 6) is 0.165. The Morgan fingerprint density at radius 1 is 1.03 bits per heavy atom. The minimum atomic E-state index is -0.394. The van der Waals surface area contributed by atoms with Gasteiger partial charge in [-0.25, -0.2) is 4.79 Å². The Bertz CT molecular complexity index is 1260. The summed E-state index contributed by atoms with van der Waals surface area (Å²) in [6, 6.07) is 17.4. The number of fused-ring (bicyclic) bond motifs is 1. The van der Waals surface area contributed by atoms with Gasteiger partial charge in [-0.2, -0.15) is 9.61 Å². The highest BCUT2D eigenvalue weighted by Gasteiger charge is 2.12. The van der Waals surface area contributed by atoms with Crippen molar-refractivity contribution in [1.29, 1.82) is 0 Å². The fourth-order valence-corrected chi connectivity index (χ4v) is 3.65. The summed E-state index contributed by atoms with van der Waals surface area (Å²) in [5.41, 5.74) is 2.46. The number of rotatable bonds is 7. The quantitative estimate of drug-likeness (QED) is 0.318. The van der Waals surface area contributed by atoms with Crippen LogP contribution in [-0.4, -0.2) is 44.0 Å². The lowest BCUT2D eigenvalue weighted by Crippen LogP contribution is -2.14. The summed E-state index contributed by atoms with van der Waals surface area (Å²) >= 11 is 7.25. The van der Waals surface area contributed by atoms with Gasteiger partial charge < -0.3 is 10.1 Å². The molecule has 2 aromatic carbocycles. The van der Waals surface area contributed by atoms with Gasteiger partial charge in [0.25, 0.3) is 0 Å². The van der Waals surface area contributed by atoms with E-state index in [1.165, 1.54) is 11.8 Å². The molecule has 0 atom stereocenters. The number of esters is 1. The summed E-state index contributed by atoms with van der Waals surface area (Å²) in [4.78, 5) is 24.0. The van der Waals surface area contributed by atoms with Gasteiger partial charge in [0.2, 0.25) is 5.91 Å². The lowest BCUT2D eigenvalue weighted by Gasteiger charge is -2.07. The minimum absolute atomic E-state index is 0.163. The van der Waals surface area contributed by atoms with Crippen molar-refractivity contribution in [1.82, 2.24) is 19.8 Å². The van der Waals surface area contributed by atoms with Crippen molar-refractivity contribution in [2.45, 2.75) is 11.9 Å². The second kappa shape index (κ2) is 9.80. The number of anilines is 1. The van der Waals surface area contributed by atoms with Crippen LogP contribution in [0.5, 0.6) is 0 Å². The molecule has 4 aromatic rings. The molecule has 0 bridgehead atoms. The summed E-state index contributed by atoms with van der Waals surface area (Å²) in [6.45, 7) is 2.06. The van der Waals surface area contributed by atoms with Crippen molar-refractivity contribution in [3.05, 3.63) is 71.2 Å². The van der Waals surface area contributed by atoms with E-state index in [1.807, 2.05) is 12.1 Å². The van der Waals surface area contributed by atoms with Crippen LogP contribution in [0.3, 0.4) is 0 Å². The van der Waals surface area contributed by atoms with Gasteiger partial charge >= 0.3 is 5.97 Å². The van der Waals surface area contributed by atoms with Crippen molar-refractivity contribution in [3.63, 3.8) is 0 Å². The molecule has 0 fully saturated rings. The van der Waals surface area contributed by atoms with Crippen molar-refractivity contribution >= 4 is 46.6 Å². The predicted molar refractivity (Wildman–Crippen MR) is 123 cm³/mol. The third-order valence-electron chi connectivity index (χ3n) is 4.37. The molecule has 0 saturated heterocycles. The van der Waals surface area contributed by atoms with E-state index >= 15 is 0 Å². The zero-order chi connectivity index (χ0) is 22.5. The van der Waals surface area contributed by atoms with E-state index in [0.29, 0.717) is 39.4 Å². The zero-order valence-corrected chi connectivity index (χ0v) is 18.6. The average molecular weight is 468 g/mol. The fourth-order valence-electron chi connectivity index (χ4n) is 2.87. The fraction of sp³-hybridized carbons (Fsp3) is 0.136. The van der Waals surface area contributed by atoms with Crippen molar-refractivity contribution in [2.24, 2.45) is 0 Å². The molecular weight excluding hydrogens is 450 g/mol. The smallest absolute Gasteiger partial charge is 0.338 e. The van der Waals surface area contributed by atoms with Crippen LogP contribution in [0.1, 0.15) is 17.3 Å². The summed E-state index contributed by atoms with van der Waals surface area (Å²) < 4.78 is 6.59. The molecule has 1 N–H and O–H groups in total. The van der Waals surface area contributed by atoms with Gasteiger partial charge in [0, 0.05) is 16.3 Å². The number of aromatic nitrogens is 4. The molecule has 0 spiro atoms. The molecule has 0 saturated carbocycles. The van der Waals surface area contributed by atoms with E-state index in [4.69, 9.17) is 16.3 Å². The molecule has 1 amide bonds.